The molecule has 1 fully saturated rings. The van der Waals surface area contributed by atoms with E-state index in [9.17, 15) is 14.4 Å². The molecule has 1 saturated heterocycles. The van der Waals surface area contributed by atoms with Gasteiger partial charge >= 0.3 is 5.97 Å². The Hall–Kier alpha value is -3.09. The third-order valence-corrected chi connectivity index (χ3v) is 4.25. The lowest BCUT2D eigenvalue weighted by molar-refractivity contribution is -0.696. The van der Waals surface area contributed by atoms with Gasteiger partial charge in [0.25, 0.3) is 11.8 Å². The van der Waals surface area contributed by atoms with Crippen LogP contribution in [0, 0.1) is 0 Å². The highest BCUT2D eigenvalue weighted by Crippen LogP contribution is 2.16. The second-order valence-corrected chi connectivity index (χ2v) is 6.04. The summed E-state index contributed by atoms with van der Waals surface area (Å²) in [6.07, 6.45) is 8.11. The van der Waals surface area contributed by atoms with Crippen LogP contribution in [0.5, 0.6) is 0 Å². The summed E-state index contributed by atoms with van der Waals surface area (Å²) in [5.41, 5.74) is 2.20. The monoisotopic (exact) mass is 355 g/mol. The number of imide groups is 1. The minimum absolute atomic E-state index is 0.0723. The SMILES string of the molecule is CC[n+]1ccc(-c2cc[n+](CCC(=O)ON3C(=O)CCC3=O)cc2)cc1. The molecular formula is C19H21N3O4+2. The molecule has 0 N–H and O–H groups in total. The normalized spacial score (nSPS) is 14.0. The molecule has 134 valence electrons. The van der Waals surface area contributed by atoms with E-state index in [2.05, 4.69) is 23.6 Å². The Bertz CT molecular complexity index is 800. The van der Waals surface area contributed by atoms with Crippen LogP contribution in [0.25, 0.3) is 11.1 Å². The van der Waals surface area contributed by atoms with Crippen molar-refractivity contribution in [2.45, 2.75) is 39.3 Å². The molecule has 0 unspecified atom stereocenters. The number of nitrogens with zero attached hydrogens (tertiary/aromatic N) is 3. The maximum Gasteiger partial charge on any atom is 0.339 e. The number of aromatic nitrogens is 2. The van der Waals surface area contributed by atoms with Gasteiger partial charge < -0.3 is 4.84 Å². The Balaban J connectivity index is 1.54. The molecule has 0 saturated carbocycles. The summed E-state index contributed by atoms with van der Waals surface area (Å²) in [6, 6.07) is 8.07. The van der Waals surface area contributed by atoms with Crippen LogP contribution in [0.4, 0.5) is 0 Å². The van der Waals surface area contributed by atoms with Gasteiger partial charge in [-0.15, -0.1) is 5.06 Å². The van der Waals surface area contributed by atoms with Gasteiger partial charge in [0.15, 0.2) is 31.3 Å². The van der Waals surface area contributed by atoms with Gasteiger partial charge in [-0.1, -0.05) is 0 Å². The molecule has 3 rings (SSSR count). The molecule has 2 aromatic rings. The van der Waals surface area contributed by atoms with Gasteiger partial charge in [-0.3, -0.25) is 9.59 Å². The van der Waals surface area contributed by atoms with E-state index in [4.69, 9.17) is 4.84 Å². The van der Waals surface area contributed by atoms with E-state index in [1.165, 1.54) is 0 Å². The van der Waals surface area contributed by atoms with Gasteiger partial charge in [-0.25, -0.2) is 13.9 Å². The molecule has 1 aliphatic rings. The molecule has 0 aromatic carbocycles. The van der Waals surface area contributed by atoms with Gasteiger partial charge in [0, 0.05) is 37.1 Å². The smallest absolute Gasteiger partial charge is 0.330 e. The van der Waals surface area contributed by atoms with Crippen LogP contribution in [-0.2, 0) is 32.3 Å². The summed E-state index contributed by atoms with van der Waals surface area (Å²) in [6.45, 7) is 3.42. The van der Waals surface area contributed by atoms with E-state index in [1.807, 2.05) is 41.5 Å². The van der Waals surface area contributed by atoms with Crippen LogP contribution in [0.15, 0.2) is 49.1 Å². The van der Waals surface area contributed by atoms with E-state index in [-0.39, 0.29) is 19.3 Å². The number of hydroxylamine groups is 2. The van der Waals surface area contributed by atoms with Crippen molar-refractivity contribution in [3.05, 3.63) is 49.1 Å². The Kier molecular flexibility index (Phi) is 5.36. The summed E-state index contributed by atoms with van der Waals surface area (Å²) in [7, 11) is 0. The summed E-state index contributed by atoms with van der Waals surface area (Å²) < 4.78 is 3.95. The molecule has 26 heavy (non-hydrogen) atoms. The van der Waals surface area contributed by atoms with Crippen LogP contribution < -0.4 is 9.13 Å². The maximum atomic E-state index is 11.8. The van der Waals surface area contributed by atoms with E-state index in [1.54, 1.807) is 0 Å². The standard InChI is InChI=1S/C19H21N3O4/c1-2-20-10-5-15(6-11-20)16-7-12-21(13-8-16)14-9-19(25)26-22-17(23)3-4-18(22)24/h5-8,10-13H,2-4,9,14H2,1H3/q+2. The molecule has 0 radical (unpaired) electrons. The molecule has 7 nitrogen and oxygen atoms in total. The largest absolute Gasteiger partial charge is 0.339 e. The predicted molar refractivity (Wildman–Crippen MR) is 89.7 cm³/mol. The first-order valence-electron chi connectivity index (χ1n) is 8.62. The second kappa shape index (κ2) is 7.86. The predicted octanol–water partition coefficient (Wildman–Crippen LogP) is 0.946. The highest BCUT2D eigenvalue weighted by molar-refractivity contribution is 6.01. The maximum absolute atomic E-state index is 11.8. The van der Waals surface area contributed by atoms with Gasteiger partial charge in [-0.05, 0) is 18.1 Å². The summed E-state index contributed by atoms with van der Waals surface area (Å²) in [5.74, 6) is -1.53. The number of hydrogen-bond donors (Lipinski definition) is 0. The van der Waals surface area contributed by atoms with Crippen molar-refractivity contribution in [1.82, 2.24) is 5.06 Å². The number of hydrogen-bond acceptors (Lipinski definition) is 4. The molecule has 3 heterocycles. The molecule has 1 aliphatic heterocycles. The quantitative estimate of drug-likeness (QED) is 0.571. The Labute approximate surface area is 151 Å². The highest BCUT2D eigenvalue weighted by atomic mass is 16.7. The molecule has 0 bridgehead atoms. The fourth-order valence-electron chi connectivity index (χ4n) is 2.69. The number of carbonyl (C=O) groups excluding carboxylic acids is 3. The number of aryl methyl sites for hydroxylation is 2. The summed E-state index contributed by atoms with van der Waals surface area (Å²) in [4.78, 5) is 39.5. The number of rotatable bonds is 6. The molecular weight excluding hydrogens is 334 g/mol. The van der Waals surface area contributed by atoms with Gasteiger partial charge in [0.2, 0.25) is 0 Å². The summed E-state index contributed by atoms with van der Waals surface area (Å²) >= 11 is 0. The van der Waals surface area contributed by atoms with E-state index < -0.39 is 17.8 Å². The minimum Gasteiger partial charge on any atom is -0.330 e. The first-order valence-corrected chi connectivity index (χ1v) is 8.62. The van der Waals surface area contributed by atoms with Crippen molar-refractivity contribution < 1.29 is 28.4 Å². The molecule has 7 heteroatoms. The van der Waals surface area contributed by atoms with E-state index in [0.717, 1.165) is 17.7 Å². The zero-order chi connectivity index (χ0) is 18.5. The van der Waals surface area contributed by atoms with Gasteiger partial charge in [0.1, 0.15) is 13.0 Å². The van der Waals surface area contributed by atoms with Gasteiger partial charge in [-0.2, -0.15) is 0 Å². The molecule has 0 spiro atoms. The third kappa shape index (κ3) is 4.11. The Morgan fingerprint density at radius 2 is 1.46 bits per heavy atom. The minimum atomic E-state index is -0.600. The zero-order valence-corrected chi connectivity index (χ0v) is 14.6. The third-order valence-electron chi connectivity index (χ3n) is 4.25. The van der Waals surface area contributed by atoms with E-state index >= 15 is 0 Å². The van der Waals surface area contributed by atoms with Crippen LogP contribution in [0.2, 0.25) is 0 Å². The lowest BCUT2D eigenvalue weighted by Crippen LogP contribution is -2.36. The van der Waals surface area contributed by atoms with Crippen molar-refractivity contribution in [2.24, 2.45) is 0 Å². The zero-order valence-electron chi connectivity index (χ0n) is 14.6. The fraction of sp³-hybridized carbons (Fsp3) is 0.316. The van der Waals surface area contributed by atoms with Crippen molar-refractivity contribution in [1.29, 1.82) is 0 Å². The average Bonchev–Trinajstić information content (AvgIpc) is 2.99. The lowest BCUT2D eigenvalue weighted by Gasteiger charge is -2.11. The first-order chi connectivity index (χ1) is 12.6. The van der Waals surface area contributed by atoms with Crippen molar-refractivity contribution in [3.63, 3.8) is 0 Å². The lowest BCUT2D eigenvalue weighted by atomic mass is 10.1. The second-order valence-electron chi connectivity index (χ2n) is 6.04. The summed E-state index contributed by atoms with van der Waals surface area (Å²) in [5, 5.41) is 0.577. The van der Waals surface area contributed by atoms with Crippen LogP contribution in [0.3, 0.4) is 0 Å². The van der Waals surface area contributed by atoms with Gasteiger partial charge in [0.05, 0.1) is 0 Å². The van der Waals surface area contributed by atoms with Crippen molar-refractivity contribution in [2.75, 3.05) is 0 Å². The fourth-order valence-corrected chi connectivity index (χ4v) is 2.69. The highest BCUT2D eigenvalue weighted by Gasteiger charge is 2.32. The van der Waals surface area contributed by atoms with Crippen LogP contribution >= 0.6 is 0 Å². The topological polar surface area (TPSA) is 71.4 Å². The van der Waals surface area contributed by atoms with Crippen molar-refractivity contribution >= 4 is 17.8 Å². The first kappa shape index (κ1) is 17.7. The average molecular weight is 355 g/mol. The molecule has 0 aliphatic carbocycles. The number of carbonyl (C=O) groups is 3. The molecule has 0 atom stereocenters. The molecule has 2 amide bonds. The van der Waals surface area contributed by atoms with E-state index in [0.29, 0.717) is 11.6 Å². The van der Waals surface area contributed by atoms with Crippen molar-refractivity contribution in [3.8, 4) is 11.1 Å². The molecule has 2 aromatic heterocycles. The Morgan fingerprint density at radius 1 is 0.962 bits per heavy atom. The van der Waals surface area contributed by atoms with Crippen LogP contribution in [-0.4, -0.2) is 22.8 Å². The van der Waals surface area contributed by atoms with Crippen LogP contribution in [0.1, 0.15) is 26.2 Å². The Morgan fingerprint density at radius 3 is 1.96 bits per heavy atom. The number of pyridine rings is 2. The number of amides is 2.